The van der Waals surface area contributed by atoms with Gasteiger partial charge in [0.05, 0.1) is 11.2 Å². The van der Waals surface area contributed by atoms with Gasteiger partial charge in [-0.2, -0.15) is 0 Å². The Hall–Kier alpha value is -1.40. The molecule has 2 fully saturated rings. The number of hydrogen-bond acceptors (Lipinski definition) is 3. The van der Waals surface area contributed by atoms with Gasteiger partial charge in [-0.15, -0.1) is 0 Å². The molecule has 1 aliphatic heterocycles. The fourth-order valence-corrected chi connectivity index (χ4v) is 2.91. The zero-order chi connectivity index (χ0) is 17.5. The van der Waals surface area contributed by atoms with Gasteiger partial charge in [-0.1, -0.05) is 6.42 Å². The predicted octanol–water partition coefficient (Wildman–Crippen LogP) is 3.59. The number of hydrogen-bond donors (Lipinski definition) is 0. The van der Waals surface area contributed by atoms with Gasteiger partial charge in [0.2, 0.25) is 0 Å². The quantitative estimate of drug-likeness (QED) is 0.791. The van der Waals surface area contributed by atoms with Gasteiger partial charge < -0.3 is 13.9 Å². The van der Waals surface area contributed by atoms with Crippen molar-refractivity contribution < 1.29 is 13.7 Å². The third-order valence-electron chi connectivity index (χ3n) is 5.47. The van der Waals surface area contributed by atoms with Crippen LogP contribution in [0.3, 0.4) is 0 Å². The van der Waals surface area contributed by atoms with Crippen LogP contribution in [0.1, 0.15) is 52.5 Å². The van der Waals surface area contributed by atoms with Crippen LogP contribution in [0, 0.1) is 5.92 Å². The first-order chi connectivity index (χ1) is 11.2. The molecule has 1 saturated carbocycles. The molecule has 1 saturated heterocycles. The van der Waals surface area contributed by atoms with Crippen LogP contribution in [0.2, 0.25) is 0 Å². The molecule has 2 heterocycles. The minimum Gasteiger partial charge on any atom is -0.398 e. The smallest absolute Gasteiger partial charge is 0.398 e. The van der Waals surface area contributed by atoms with E-state index in [2.05, 4.69) is 0 Å². The Kier molecular flexibility index (Phi) is 4.47. The van der Waals surface area contributed by atoms with Crippen molar-refractivity contribution in [1.29, 1.82) is 0 Å². The second kappa shape index (κ2) is 6.15. The van der Waals surface area contributed by atoms with Crippen LogP contribution in [-0.2, 0) is 15.9 Å². The van der Waals surface area contributed by atoms with Crippen LogP contribution >= 0.6 is 0 Å². The van der Waals surface area contributed by atoms with E-state index < -0.39 is 24.0 Å². The molecule has 1 aromatic heterocycles. The summed E-state index contributed by atoms with van der Waals surface area (Å²) in [5.74, 6) is 0.565. The average Bonchev–Trinajstić information content (AvgIpc) is 2.66. The molecule has 1 aliphatic carbocycles. The van der Waals surface area contributed by atoms with Gasteiger partial charge in [0.15, 0.2) is 0 Å². The summed E-state index contributed by atoms with van der Waals surface area (Å²) < 4.78 is 27.7. The van der Waals surface area contributed by atoms with Gasteiger partial charge in [0.25, 0.3) is 5.56 Å². The molecule has 0 unspecified atom stereocenters. The van der Waals surface area contributed by atoms with Gasteiger partial charge >= 0.3 is 7.12 Å². The number of pyridine rings is 1. The molecule has 0 N–H and O–H groups in total. The summed E-state index contributed by atoms with van der Waals surface area (Å²) in [6.07, 6.45) is 6.66. The van der Waals surface area contributed by atoms with Crippen molar-refractivity contribution >= 4 is 13.2 Å². The summed E-state index contributed by atoms with van der Waals surface area (Å²) in [4.78, 5) is 12.0. The van der Waals surface area contributed by atoms with Gasteiger partial charge in [-0.05, 0) is 64.2 Å². The normalized spacial score (nSPS) is 23.4. The van der Waals surface area contributed by atoms with Crippen LogP contribution in [0.4, 0.5) is 4.39 Å². The van der Waals surface area contributed by atoms with E-state index in [-0.39, 0.29) is 5.56 Å². The van der Waals surface area contributed by atoms with Crippen LogP contribution in [0.25, 0.3) is 6.08 Å². The maximum absolute atomic E-state index is 14.6. The molecule has 24 heavy (non-hydrogen) atoms. The maximum Gasteiger partial charge on any atom is 0.525 e. The van der Waals surface area contributed by atoms with Crippen LogP contribution < -0.4 is 5.56 Å². The topological polar surface area (TPSA) is 40.5 Å². The van der Waals surface area contributed by atoms with Crippen LogP contribution in [0.15, 0.2) is 28.9 Å². The van der Waals surface area contributed by atoms with Crippen molar-refractivity contribution in [2.24, 2.45) is 5.92 Å². The summed E-state index contributed by atoms with van der Waals surface area (Å²) in [6.45, 7) is 8.26. The highest BCUT2D eigenvalue weighted by Gasteiger charge is 2.53. The molecule has 0 amide bonds. The lowest BCUT2D eigenvalue weighted by molar-refractivity contribution is 0.00578. The van der Waals surface area contributed by atoms with Crippen molar-refractivity contribution in [3.8, 4) is 0 Å². The van der Waals surface area contributed by atoms with E-state index >= 15 is 0 Å². The molecule has 130 valence electrons. The number of aromatic nitrogens is 1. The molecule has 0 atom stereocenters. The van der Waals surface area contributed by atoms with E-state index in [1.807, 2.05) is 27.7 Å². The molecule has 0 radical (unpaired) electrons. The molecule has 3 rings (SSSR count). The Labute approximate surface area is 142 Å². The van der Waals surface area contributed by atoms with Crippen molar-refractivity contribution in [2.45, 2.75) is 64.7 Å². The second-order valence-corrected chi connectivity index (χ2v) is 7.87. The summed E-state index contributed by atoms with van der Waals surface area (Å²) in [5, 5.41) is 0. The summed E-state index contributed by atoms with van der Waals surface area (Å²) in [6, 6.07) is 3.12. The Morgan fingerprint density at radius 2 is 1.92 bits per heavy atom. The summed E-state index contributed by atoms with van der Waals surface area (Å²) in [7, 11) is -1.01. The molecule has 4 nitrogen and oxygen atoms in total. The zero-order valence-corrected chi connectivity index (χ0v) is 14.8. The summed E-state index contributed by atoms with van der Waals surface area (Å²) >= 11 is 0. The van der Waals surface area contributed by atoms with Crippen molar-refractivity contribution in [3.63, 3.8) is 0 Å². The first-order valence-electron chi connectivity index (χ1n) is 8.61. The third kappa shape index (κ3) is 3.35. The van der Waals surface area contributed by atoms with E-state index in [0.717, 1.165) is 12.8 Å². The zero-order valence-electron chi connectivity index (χ0n) is 14.8. The van der Waals surface area contributed by atoms with Crippen LogP contribution in [-0.4, -0.2) is 22.9 Å². The molecular weight excluding hydrogens is 308 g/mol. The second-order valence-electron chi connectivity index (χ2n) is 7.87. The van der Waals surface area contributed by atoms with E-state index in [1.54, 1.807) is 16.8 Å². The van der Waals surface area contributed by atoms with E-state index in [9.17, 15) is 9.18 Å². The van der Waals surface area contributed by atoms with Gasteiger partial charge in [-0.3, -0.25) is 4.79 Å². The Bertz CT molecular complexity index is 690. The molecule has 2 aliphatic rings. The monoisotopic (exact) mass is 333 g/mol. The molecule has 6 heteroatoms. The first kappa shape index (κ1) is 17.4. The fourth-order valence-electron chi connectivity index (χ4n) is 2.91. The SMILES string of the molecule is CC1(C)OB(C(F)=Cc2ccc(=O)n(CC3CCC3)c2)OC1(C)C. The molecule has 1 aromatic rings. The first-order valence-corrected chi connectivity index (χ1v) is 8.61. The highest BCUT2D eigenvalue weighted by Crippen LogP contribution is 2.39. The predicted molar refractivity (Wildman–Crippen MR) is 93.2 cm³/mol. The Balaban J connectivity index is 1.78. The van der Waals surface area contributed by atoms with E-state index in [1.165, 1.54) is 18.6 Å². The maximum atomic E-state index is 14.6. The molecule has 0 bridgehead atoms. The fraction of sp³-hybridized carbons (Fsp3) is 0.611. The lowest BCUT2D eigenvalue weighted by Crippen LogP contribution is -2.41. The van der Waals surface area contributed by atoms with Gasteiger partial charge in [0, 0.05) is 18.8 Å². The van der Waals surface area contributed by atoms with Crippen molar-refractivity contribution in [1.82, 2.24) is 4.57 Å². The van der Waals surface area contributed by atoms with Gasteiger partial charge in [-0.25, -0.2) is 4.39 Å². The molecule has 0 spiro atoms. The Morgan fingerprint density at radius 3 is 2.46 bits per heavy atom. The highest BCUT2D eigenvalue weighted by atomic mass is 19.1. The van der Waals surface area contributed by atoms with E-state index in [0.29, 0.717) is 18.0 Å². The lowest BCUT2D eigenvalue weighted by Gasteiger charge is -2.32. The number of halogens is 1. The summed E-state index contributed by atoms with van der Waals surface area (Å²) in [5.41, 5.74) is -1.05. The van der Waals surface area contributed by atoms with Crippen molar-refractivity contribution in [3.05, 3.63) is 40.0 Å². The van der Waals surface area contributed by atoms with Crippen LogP contribution in [0.5, 0.6) is 0 Å². The Morgan fingerprint density at radius 1 is 1.29 bits per heavy atom. The minimum absolute atomic E-state index is 0.0462. The number of rotatable bonds is 4. The average molecular weight is 333 g/mol. The minimum atomic E-state index is -1.01. The third-order valence-corrected chi connectivity index (χ3v) is 5.47. The van der Waals surface area contributed by atoms with Gasteiger partial charge in [0.1, 0.15) is 5.73 Å². The number of nitrogens with zero attached hydrogens (tertiary/aromatic N) is 1. The standard InChI is InChI=1S/C18H25BFNO3/c1-17(2)18(3,4)24-19(23-17)15(20)10-14-8-9-16(22)21(12-14)11-13-6-5-7-13/h8-10,12-13H,5-7,11H2,1-4H3. The molecular formula is C18H25BFNO3. The highest BCUT2D eigenvalue weighted by molar-refractivity contribution is 6.54. The largest absolute Gasteiger partial charge is 0.525 e. The lowest BCUT2D eigenvalue weighted by atomic mass is 9.85. The molecule has 0 aromatic carbocycles. The van der Waals surface area contributed by atoms with Crippen molar-refractivity contribution in [2.75, 3.05) is 0 Å². The van der Waals surface area contributed by atoms with E-state index in [4.69, 9.17) is 9.31 Å².